The largest absolute Gasteiger partial charge is 0.456 e. The maximum atomic E-state index is 9.29. The third-order valence-corrected chi connectivity index (χ3v) is 7.78. The molecule has 0 radical (unpaired) electrons. The summed E-state index contributed by atoms with van der Waals surface area (Å²) >= 11 is 0. The molecule has 9 aromatic rings. The van der Waals surface area contributed by atoms with Crippen molar-refractivity contribution in [2.24, 2.45) is 0 Å². The molecule has 0 amide bonds. The minimum Gasteiger partial charge on any atom is -0.456 e. The van der Waals surface area contributed by atoms with Gasteiger partial charge in [0.25, 0.3) is 0 Å². The van der Waals surface area contributed by atoms with E-state index in [1.807, 2.05) is 54.6 Å². The maximum Gasteiger partial charge on any atom is 0.164 e. The smallest absolute Gasteiger partial charge is 0.164 e. The summed E-state index contributed by atoms with van der Waals surface area (Å²) in [5.41, 5.74) is 1.57. The van der Waals surface area contributed by atoms with Crippen molar-refractivity contribution in [3.63, 3.8) is 0 Å². The molecular weight excluding hydrogens is 574 g/mol. The monoisotopic (exact) mass is 615 g/mol. The lowest BCUT2D eigenvalue weighted by Gasteiger charge is -2.09. The predicted molar refractivity (Wildman–Crippen MR) is 192 cm³/mol. The highest BCUT2D eigenvalue weighted by Gasteiger charge is 2.16. The van der Waals surface area contributed by atoms with Crippen molar-refractivity contribution in [1.82, 2.24) is 15.0 Å². The van der Waals surface area contributed by atoms with Gasteiger partial charge in [-0.25, -0.2) is 15.0 Å². The Morgan fingerprint density at radius 1 is 0.426 bits per heavy atom. The molecule has 220 valence electrons. The molecule has 7 aromatic carbocycles. The van der Waals surface area contributed by atoms with Crippen LogP contribution in [0.2, 0.25) is 0 Å². The fraction of sp³-hybridized carbons (Fsp3) is 0. The molecule has 0 aliphatic rings. The van der Waals surface area contributed by atoms with Crippen LogP contribution in [0.4, 0.5) is 0 Å². The van der Waals surface area contributed by atoms with E-state index in [1.165, 1.54) is 0 Å². The highest BCUT2D eigenvalue weighted by molar-refractivity contribution is 6.13. The van der Waals surface area contributed by atoms with E-state index < -0.39 is 119 Å². The van der Waals surface area contributed by atoms with Crippen molar-refractivity contribution < 1.29 is 23.6 Å². The molecule has 4 heteroatoms. The van der Waals surface area contributed by atoms with Gasteiger partial charge in [0.15, 0.2) is 17.5 Å². The Hall–Kier alpha value is -6.39. The molecule has 0 saturated heterocycles. The van der Waals surface area contributed by atoms with E-state index in [-0.39, 0.29) is 5.56 Å². The first-order valence-corrected chi connectivity index (χ1v) is 14.5. The van der Waals surface area contributed by atoms with Gasteiger partial charge in [-0.3, -0.25) is 0 Å². The molecule has 2 aromatic heterocycles. The van der Waals surface area contributed by atoms with E-state index in [4.69, 9.17) is 18.1 Å². The van der Waals surface area contributed by atoms with Gasteiger partial charge in [-0.2, -0.15) is 0 Å². The van der Waals surface area contributed by atoms with Gasteiger partial charge < -0.3 is 4.42 Å². The molecule has 47 heavy (non-hydrogen) atoms. The second kappa shape index (κ2) is 11.2. The molecule has 2 heterocycles. The van der Waals surface area contributed by atoms with Gasteiger partial charge in [0.2, 0.25) is 0 Å². The summed E-state index contributed by atoms with van der Waals surface area (Å²) in [7, 11) is 0. The van der Waals surface area contributed by atoms with Crippen LogP contribution < -0.4 is 0 Å². The third-order valence-electron chi connectivity index (χ3n) is 7.78. The zero-order valence-electron chi connectivity index (χ0n) is 38.3. The van der Waals surface area contributed by atoms with Gasteiger partial charge in [-0.05, 0) is 57.3 Å². The van der Waals surface area contributed by atoms with Crippen molar-refractivity contribution in [3.05, 3.63) is 163 Å². The highest BCUT2D eigenvalue weighted by atomic mass is 16.3. The lowest BCUT2D eigenvalue weighted by molar-refractivity contribution is 0.669. The van der Waals surface area contributed by atoms with Crippen LogP contribution in [-0.2, 0) is 0 Å². The van der Waals surface area contributed by atoms with Crippen LogP contribution in [0.25, 0.3) is 89.1 Å². The van der Waals surface area contributed by atoms with Crippen molar-refractivity contribution in [2.45, 2.75) is 0 Å². The standard InChI is InChI=1S/C43H27N3O/c1-3-11-30(12-4-1)41-44-42(31-13-5-2-6-14-31)46-43(45-41)32-21-19-29(20-22-32)36-16-9-17-38-40(36)37-25-24-35(27-39(37)47-38)34-23-18-28-10-7-8-15-33(28)26-34/h1-27H/i1D,2D,3D,4D,5D,6D,11D,12D,13D,14D,19D,20D,21D,22D. The van der Waals surface area contributed by atoms with Gasteiger partial charge in [0.05, 0.1) is 19.2 Å². The molecule has 0 aliphatic heterocycles. The van der Waals surface area contributed by atoms with Crippen LogP contribution in [0.1, 0.15) is 19.2 Å². The fourth-order valence-electron chi connectivity index (χ4n) is 5.58. The van der Waals surface area contributed by atoms with Gasteiger partial charge in [-0.1, -0.05) is 139 Å². The number of hydrogen-bond acceptors (Lipinski definition) is 4. The zero-order valence-corrected chi connectivity index (χ0v) is 24.3. The van der Waals surface area contributed by atoms with Crippen molar-refractivity contribution >= 4 is 32.7 Å². The molecule has 0 N–H and O–H groups in total. The van der Waals surface area contributed by atoms with Gasteiger partial charge in [-0.15, -0.1) is 0 Å². The Morgan fingerprint density at radius 3 is 1.68 bits per heavy atom. The van der Waals surface area contributed by atoms with Gasteiger partial charge in [0, 0.05) is 27.5 Å². The normalized spacial score (nSPS) is 15.6. The lowest BCUT2D eigenvalue weighted by Crippen LogP contribution is -2.00. The predicted octanol–water partition coefficient (Wildman–Crippen LogP) is 11.3. The summed E-state index contributed by atoms with van der Waals surface area (Å²) in [6, 6.07) is 15.5. The van der Waals surface area contributed by atoms with E-state index in [0.717, 1.165) is 21.9 Å². The number of rotatable bonds is 5. The molecule has 0 saturated carbocycles. The van der Waals surface area contributed by atoms with E-state index in [1.54, 1.807) is 18.2 Å². The summed E-state index contributed by atoms with van der Waals surface area (Å²) in [5, 5.41) is 3.39. The Bertz CT molecular complexity index is 3210. The van der Waals surface area contributed by atoms with E-state index in [9.17, 15) is 5.48 Å². The molecule has 4 nitrogen and oxygen atoms in total. The Labute approximate surface area is 291 Å². The summed E-state index contributed by atoms with van der Waals surface area (Å²) in [6.45, 7) is 0. The van der Waals surface area contributed by atoms with Crippen LogP contribution in [-0.4, -0.2) is 15.0 Å². The van der Waals surface area contributed by atoms with Crippen molar-refractivity contribution in [1.29, 1.82) is 0 Å². The van der Waals surface area contributed by atoms with Crippen LogP contribution in [0.15, 0.2) is 168 Å². The minimum atomic E-state index is -0.734. The first-order chi connectivity index (χ1) is 29.1. The SMILES string of the molecule is [2H]c1c([2H])c([2H])c(-c2nc(-c3c([2H])c([2H])c([2H])c([2H])c3[2H])nc(-c3c([2H])c([2H])c(-c4cccc5oc6cc(-c7ccc8ccccc8c7)ccc6c45)c([2H])c3[2H])n2)c([2H])c1[2H]. The zero-order chi connectivity index (χ0) is 43.3. The van der Waals surface area contributed by atoms with Crippen LogP contribution >= 0.6 is 0 Å². The first-order valence-electron chi connectivity index (χ1n) is 21.5. The highest BCUT2D eigenvalue weighted by Crippen LogP contribution is 2.39. The summed E-state index contributed by atoms with van der Waals surface area (Å²) < 4.78 is 127. The number of furan rings is 1. The van der Waals surface area contributed by atoms with Crippen LogP contribution in [0.3, 0.4) is 0 Å². The average Bonchev–Trinajstić information content (AvgIpc) is 3.64. The first kappa shape index (κ1) is 16.3. The number of hydrogen-bond donors (Lipinski definition) is 0. The molecule has 0 spiro atoms. The Morgan fingerprint density at radius 2 is 1.00 bits per heavy atom. The Kier molecular flexibility index (Phi) is 3.87. The van der Waals surface area contributed by atoms with E-state index in [0.29, 0.717) is 27.5 Å². The second-order valence-electron chi connectivity index (χ2n) is 10.6. The van der Waals surface area contributed by atoms with E-state index in [2.05, 4.69) is 21.0 Å². The molecular formula is C43H27N3O. The fourth-order valence-corrected chi connectivity index (χ4v) is 5.58. The van der Waals surface area contributed by atoms with Crippen molar-refractivity contribution in [3.8, 4) is 56.4 Å². The maximum absolute atomic E-state index is 9.29. The molecule has 0 fully saturated rings. The number of nitrogens with zero attached hydrogens (tertiary/aromatic N) is 3. The molecule has 0 atom stereocenters. The molecule has 0 bridgehead atoms. The summed E-state index contributed by atoms with van der Waals surface area (Å²) in [5.74, 6) is -1.76. The van der Waals surface area contributed by atoms with Crippen LogP contribution in [0.5, 0.6) is 0 Å². The third kappa shape index (κ3) is 4.93. The van der Waals surface area contributed by atoms with Crippen LogP contribution in [0, 0.1) is 0 Å². The van der Waals surface area contributed by atoms with Crippen molar-refractivity contribution in [2.75, 3.05) is 0 Å². The molecule has 9 rings (SSSR count). The number of fused-ring (bicyclic) bond motifs is 4. The minimum absolute atomic E-state index is 0.0728. The van der Waals surface area contributed by atoms with E-state index >= 15 is 0 Å². The summed E-state index contributed by atoms with van der Waals surface area (Å²) in [6.07, 6.45) is 0. The lowest BCUT2D eigenvalue weighted by atomic mass is 9.97. The molecule has 0 aliphatic carbocycles. The number of aromatic nitrogens is 3. The average molecular weight is 616 g/mol. The molecule has 0 unspecified atom stereocenters. The van der Waals surface area contributed by atoms with Gasteiger partial charge in [0.1, 0.15) is 11.2 Å². The quantitative estimate of drug-likeness (QED) is 0.193. The Balaban J connectivity index is 1.26. The topological polar surface area (TPSA) is 51.8 Å². The van der Waals surface area contributed by atoms with Gasteiger partial charge >= 0.3 is 0 Å². The second-order valence-corrected chi connectivity index (χ2v) is 10.6. The summed E-state index contributed by atoms with van der Waals surface area (Å²) in [4.78, 5) is 12.9. The number of benzene rings is 7.